The number of para-hydroxylation sites is 1. The molecule has 0 heterocycles. The summed E-state index contributed by atoms with van der Waals surface area (Å²) in [5, 5.41) is 1.91. The summed E-state index contributed by atoms with van der Waals surface area (Å²) in [5.41, 5.74) is -3.33. The molecule has 1 amide bonds. The summed E-state index contributed by atoms with van der Waals surface area (Å²) in [6.45, 7) is 0.731. The van der Waals surface area contributed by atoms with E-state index in [1.54, 1.807) is 19.1 Å². The molecule has 0 aliphatic heterocycles. The van der Waals surface area contributed by atoms with Crippen LogP contribution in [0, 0.1) is 6.92 Å². The Morgan fingerprint density at radius 2 is 1.47 bits per heavy atom. The van der Waals surface area contributed by atoms with Crippen molar-refractivity contribution in [3.8, 4) is 0 Å². The molecule has 0 bridgehead atoms. The Labute approximate surface area is 168 Å². The highest BCUT2D eigenvalue weighted by molar-refractivity contribution is 7.92. The maximum atomic E-state index is 12.9. The molecule has 0 aliphatic carbocycles. The lowest BCUT2D eigenvalue weighted by molar-refractivity contribution is -0.143. The van der Waals surface area contributed by atoms with E-state index in [2.05, 4.69) is 0 Å². The van der Waals surface area contributed by atoms with E-state index in [-0.39, 0.29) is 11.8 Å². The first-order valence-electron chi connectivity index (χ1n) is 8.21. The van der Waals surface area contributed by atoms with Gasteiger partial charge in [0, 0.05) is 5.69 Å². The second-order valence-corrected chi connectivity index (χ2v) is 8.31. The molecule has 164 valence electrons. The van der Waals surface area contributed by atoms with Crippen LogP contribution >= 0.6 is 0 Å². The van der Waals surface area contributed by atoms with Crippen LogP contribution in [-0.4, -0.2) is 27.1 Å². The molecule has 0 saturated carbocycles. The highest BCUT2D eigenvalue weighted by atomic mass is 32.2. The Morgan fingerprint density at radius 1 is 0.967 bits per heavy atom. The molecule has 0 fully saturated rings. The first-order chi connectivity index (χ1) is 13.6. The van der Waals surface area contributed by atoms with Crippen molar-refractivity contribution in [3.63, 3.8) is 0 Å². The molecule has 1 N–H and O–H groups in total. The minimum atomic E-state index is -5.08. The number of halogens is 6. The van der Waals surface area contributed by atoms with Crippen LogP contribution in [0.3, 0.4) is 0 Å². The number of anilines is 2. The summed E-state index contributed by atoms with van der Waals surface area (Å²) < 4.78 is 103. The summed E-state index contributed by atoms with van der Waals surface area (Å²) in [6.07, 6.45) is -9.35. The lowest BCUT2D eigenvalue weighted by atomic mass is 10.1. The van der Waals surface area contributed by atoms with Crippen LogP contribution in [0.25, 0.3) is 0 Å². The van der Waals surface area contributed by atoms with Crippen molar-refractivity contribution >= 4 is 27.3 Å². The number of hydrogen-bond acceptors (Lipinski definition) is 3. The third-order valence-electron chi connectivity index (χ3n) is 3.94. The number of alkyl halides is 6. The molecule has 0 radical (unpaired) electrons. The summed E-state index contributed by atoms with van der Waals surface area (Å²) in [4.78, 5) is 12.3. The zero-order valence-corrected chi connectivity index (χ0v) is 16.4. The van der Waals surface area contributed by atoms with Gasteiger partial charge in [0.1, 0.15) is 6.54 Å². The number of rotatable bonds is 5. The maximum Gasteiger partial charge on any atom is 0.416 e. The molecule has 0 aromatic heterocycles. The van der Waals surface area contributed by atoms with Gasteiger partial charge in [0.2, 0.25) is 15.9 Å². The lowest BCUT2D eigenvalue weighted by Crippen LogP contribution is -2.37. The van der Waals surface area contributed by atoms with E-state index >= 15 is 0 Å². The van der Waals surface area contributed by atoms with Crippen LogP contribution < -0.4 is 9.62 Å². The number of amides is 1. The number of aryl methyl sites for hydroxylation is 1. The van der Waals surface area contributed by atoms with Gasteiger partial charge in [0.15, 0.2) is 0 Å². The van der Waals surface area contributed by atoms with Crippen LogP contribution in [0.1, 0.15) is 16.7 Å². The lowest BCUT2D eigenvalue weighted by Gasteiger charge is -2.23. The Hall–Kier alpha value is -2.76. The molecule has 5 nitrogen and oxygen atoms in total. The molecule has 0 spiro atoms. The van der Waals surface area contributed by atoms with Crippen molar-refractivity contribution in [3.05, 3.63) is 59.2 Å². The van der Waals surface area contributed by atoms with E-state index in [4.69, 9.17) is 0 Å². The third-order valence-corrected chi connectivity index (χ3v) is 5.07. The number of hydrogen-bond donors (Lipinski definition) is 1. The van der Waals surface area contributed by atoms with E-state index in [0.29, 0.717) is 22.0 Å². The van der Waals surface area contributed by atoms with Crippen LogP contribution in [-0.2, 0) is 27.2 Å². The quantitative estimate of drug-likeness (QED) is 0.680. The highest BCUT2D eigenvalue weighted by Gasteiger charge is 2.37. The predicted molar refractivity (Wildman–Crippen MR) is 98.4 cm³/mol. The second-order valence-electron chi connectivity index (χ2n) is 6.40. The zero-order valence-electron chi connectivity index (χ0n) is 15.6. The van der Waals surface area contributed by atoms with Gasteiger partial charge in [0.25, 0.3) is 0 Å². The Balaban J connectivity index is 2.37. The third kappa shape index (κ3) is 5.88. The van der Waals surface area contributed by atoms with Crippen molar-refractivity contribution < 1.29 is 39.6 Å². The van der Waals surface area contributed by atoms with Crippen molar-refractivity contribution in [2.75, 3.05) is 22.4 Å². The van der Waals surface area contributed by atoms with Gasteiger partial charge in [0.05, 0.1) is 23.1 Å². The number of carbonyl (C=O) groups excluding carboxylic acids is 1. The van der Waals surface area contributed by atoms with Gasteiger partial charge in [-0.05, 0) is 36.8 Å². The normalized spacial score (nSPS) is 12.5. The number of nitrogens with one attached hydrogen (secondary N) is 1. The van der Waals surface area contributed by atoms with Gasteiger partial charge in [-0.15, -0.1) is 0 Å². The molecule has 0 aliphatic rings. The number of benzene rings is 2. The fourth-order valence-electron chi connectivity index (χ4n) is 2.58. The fraction of sp³-hybridized carbons (Fsp3) is 0.278. The molecule has 0 unspecified atom stereocenters. The van der Waals surface area contributed by atoms with Crippen molar-refractivity contribution in [1.82, 2.24) is 0 Å². The summed E-state index contributed by atoms with van der Waals surface area (Å²) in [5.74, 6) is -1.11. The first kappa shape index (κ1) is 23.5. The molecule has 30 heavy (non-hydrogen) atoms. The van der Waals surface area contributed by atoms with Gasteiger partial charge in [-0.25, -0.2) is 8.42 Å². The van der Waals surface area contributed by atoms with E-state index in [0.717, 1.165) is 6.26 Å². The Kier molecular flexibility index (Phi) is 6.40. The molecular formula is C18H16F6N2O3S. The van der Waals surface area contributed by atoms with E-state index in [9.17, 15) is 39.6 Å². The van der Waals surface area contributed by atoms with Crippen LogP contribution in [0.2, 0.25) is 0 Å². The monoisotopic (exact) mass is 454 g/mol. The minimum absolute atomic E-state index is 0.0776. The average molecular weight is 454 g/mol. The maximum absolute atomic E-state index is 12.9. The largest absolute Gasteiger partial charge is 0.416 e. The molecule has 0 saturated heterocycles. The standard InChI is InChI=1S/C18H16F6N2O3S/c1-11-5-3-4-6-15(11)26(30(2,28)29)10-16(27)25-14-8-12(17(19,20)21)7-13(9-14)18(22,23)24/h3-9H,10H2,1-2H3,(H,25,27). The Bertz CT molecular complexity index is 1020. The molecular weight excluding hydrogens is 438 g/mol. The Morgan fingerprint density at radius 3 is 1.90 bits per heavy atom. The van der Waals surface area contributed by atoms with Crippen LogP contribution in [0.15, 0.2) is 42.5 Å². The summed E-state index contributed by atoms with van der Waals surface area (Å²) in [7, 11) is -3.98. The zero-order chi connectivity index (χ0) is 22.9. The van der Waals surface area contributed by atoms with Gasteiger partial charge >= 0.3 is 12.4 Å². The molecule has 2 aromatic carbocycles. The van der Waals surface area contributed by atoms with E-state index in [1.165, 1.54) is 12.1 Å². The van der Waals surface area contributed by atoms with Crippen molar-refractivity contribution in [2.45, 2.75) is 19.3 Å². The van der Waals surface area contributed by atoms with Gasteiger partial charge in [-0.1, -0.05) is 18.2 Å². The number of sulfonamides is 1. The predicted octanol–water partition coefficient (Wildman–Crippen LogP) is 4.44. The van der Waals surface area contributed by atoms with E-state index < -0.39 is 51.6 Å². The molecule has 2 aromatic rings. The van der Waals surface area contributed by atoms with Crippen molar-refractivity contribution in [1.29, 1.82) is 0 Å². The number of nitrogens with zero attached hydrogens (tertiary/aromatic N) is 1. The topological polar surface area (TPSA) is 66.5 Å². The van der Waals surface area contributed by atoms with Gasteiger partial charge in [-0.3, -0.25) is 9.10 Å². The van der Waals surface area contributed by atoms with E-state index in [1.807, 2.05) is 5.32 Å². The minimum Gasteiger partial charge on any atom is -0.324 e. The van der Waals surface area contributed by atoms with Crippen LogP contribution in [0.4, 0.5) is 37.7 Å². The molecule has 12 heteroatoms. The second kappa shape index (κ2) is 8.17. The summed E-state index contributed by atoms with van der Waals surface area (Å²) >= 11 is 0. The average Bonchev–Trinajstić information content (AvgIpc) is 2.57. The molecule has 2 rings (SSSR count). The van der Waals surface area contributed by atoms with Gasteiger partial charge in [-0.2, -0.15) is 26.3 Å². The SMILES string of the molecule is Cc1ccccc1N(CC(=O)Nc1cc(C(F)(F)F)cc(C(F)(F)F)c1)S(C)(=O)=O. The smallest absolute Gasteiger partial charge is 0.324 e. The van der Waals surface area contributed by atoms with Crippen LogP contribution in [0.5, 0.6) is 0 Å². The van der Waals surface area contributed by atoms with Gasteiger partial charge < -0.3 is 5.32 Å². The summed E-state index contributed by atoms with van der Waals surface area (Å²) in [6, 6.07) is 6.73. The fourth-order valence-corrected chi connectivity index (χ4v) is 3.50. The van der Waals surface area contributed by atoms with Crippen molar-refractivity contribution in [2.24, 2.45) is 0 Å². The highest BCUT2D eigenvalue weighted by Crippen LogP contribution is 2.37. The number of carbonyl (C=O) groups is 1. The molecule has 0 atom stereocenters. The first-order valence-corrected chi connectivity index (χ1v) is 10.1.